The quantitative estimate of drug-likeness (QED) is 0.888. The first-order chi connectivity index (χ1) is 9.26. The number of rotatable bonds is 5. The number of aromatic nitrogens is 2. The molecule has 0 unspecified atom stereocenters. The third kappa shape index (κ3) is 3.57. The fourth-order valence-corrected chi connectivity index (χ4v) is 2.95. The van der Waals surface area contributed by atoms with E-state index in [-0.39, 0.29) is 6.61 Å². The van der Waals surface area contributed by atoms with Gasteiger partial charge in [-0.15, -0.1) is 0 Å². The third-order valence-electron chi connectivity index (χ3n) is 4.22. The summed E-state index contributed by atoms with van der Waals surface area (Å²) in [6.07, 6.45) is 8.03. The van der Waals surface area contributed by atoms with Crippen molar-refractivity contribution in [1.82, 2.24) is 14.7 Å². The molecule has 1 aliphatic heterocycles. The van der Waals surface area contributed by atoms with E-state index < -0.39 is 0 Å². The Labute approximate surface area is 116 Å². The van der Waals surface area contributed by atoms with Gasteiger partial charge in [0.15, 0.2) is 0 Å². The number of hydrogen-bond acceptors (Lipinski definition) is 3. The van der Waals surface area contributed by atoms with E-state index in [4.69, 9.17) is 0 Å². The summed E-state index contributed by atoms with van der Waals surface area (Å²) in [4.78, 5) is 2.44. The number of aliphatic hydroxyl groups excluding tert-OH is 1. The van der Waals surface area contributed by atoms with Gasteiger partial charge in [-0.1, -0.05) is 19.8 Å². The van der Waals surface area contributed by atoms with E-state index in [0.29, 0.717) is 6.04 Å². The van der Waals surface area contributed by atoms with Gasteiger partial charge in [0.2, 0.25) is 0 Å². The Morgan fingerprint density at radius 3 is 2.95 bits per heavy atom. The van der Waals surface area contributed by atoms with Crippen LogP contribution in [0.4, 0.5) is 0 Å². The first-order valence-electron chi connectivity index (χ1n) is 7.62. The van der Waals surface area contributed by atoms with Crippen molar-refractivity contribution in [2.45, 2.75) is 65.1 Å². The van der Waals surface area contributed by atoms with Crippen LogP contribution < -0.4 is 0 Å². The lowest BCUT2D eigenvalue weighted by Gasteiger charge is -2.28. The standard InChI is InChI=1S/C15H27N3O/c1-3-8-18-13(2)14(10-16-18)11-17-9-6-4-5-7-15(17)12-19/h10,15,19H,3-9,11-12H2,1-2H3/t15-/m1/s1. The summed E-state index contributed by atoms with van der Waals surface area (Å²) in [5.74, 6) is 0. The van der Waals surface area contributed by atoms with Crippen molar-refractivity contribution < 1.29 is 5.11 Å². The van der Waals surface area contributed by atoms with Crippen LogP contribution in [0.15, 0.2) is 6.20 Å². The van der Waals surface area contributed by atoms with Crippen LogP contribution in [0.25, 0.3) is 0 Å². The molecule has 1 atom stereocenters. The Kier molecular flexibility index (Phi) is 5.40. The third-order valence-corrected chi connectivity index (χ3v) is 4.22. The highest BCUT2D eigenvalue weighted by Gasteiger charge is 2.21. The zero-order chi connectivity index (χ0) is 13.7. The van der Waals surface area contributed by atoms with Crippen LogP contribution >= 0.6 is 0 Å². The molecule has 1 aliphatic rings. The zero-order valence-electron chi connectivity index (χ0n) is 12.3. The zero-order valence-corrected chi connectivity index (χ0v) is 12.3. The number of aliphatic hydroxyl groups is 1. The van der Waals surface area contributed by atoms with Crippen molar-refractivity contribution in [1.29, 1.82) is 0 Å². The van der Waals surface area contributed by atoms with E-state index in [9.17, 15) is 5.11 Å². The number of nitrogens with zero attached hydrogens (tertiary/aromatic N) is 3. The Bertz CT molecular complexity index is 389. The van der Waals surface area contributed by atoms with Crippen molar-refractivity contribution in [2.24, 2.45) is 0 Å². The molecule has 0 amide bonds. The fraction of sp³-hybridized carbons (Fsp3) is 0.800. The molecular weight excluding hydrogens is 238 g/mol. The maximum Gasteiger partial charge on any atom is 0.0586 e. The highest BCUT2D eigenvalue weighted by Crippen LogP contribution is 2.20. The molecule has 2 heterocycles. The first-order valence-corrected chi connectivity index (χ1v) is 7.62. The summed E-state index contributed by atoms with van der Waals surface area (Å²) in [5, 5.41) is 14.0. The van der Waals surface area contributed by atoms with E-state index in [2.05, 4.69) is 28.5 Å². The normalized spacial score (nSPS) is 21.5. The average molecular weight is 265 g/mol. The second-order valence-corrected chi connectivity index (χ2v) is 5.63. The van der Waals surface area contributed by atoms with Gasteiger partial charge in [0.25, 0.3) is 0 Å². The summed E-state index contributed by atoms with van der Waals surface area (Å²) >= 11 is 0. The molecule has 4 nitrogen and oxygen atoms in total. The smallest absolute Gasteiger partial charge is 0.0586 e. The molecular formula is C15H27N3O. The molecule has 108 valence electrons. The maximum absolute atomic E-state index is 9.56. The molecule has 0 saturated carbocycles. The molecule has 1 N–H and O–H groups in total. The van der Waals surface area contributed by atoms with E-state index in [0.717, 1.165) is 32.5 Å². The lowest BCUT2D eigenvalue weighted by atomic mass is 10.1. The molecule has 4 heteroatoms. The lowest BCUT2D eigenvalue weighted by molar-refractivity contribution is 0.118. The van der Waals surface area contributed by atoms with Crippen LogP contribution in [0, 0.1) is 6.92 Å². The van der Waals surface area contributed by atoms with Crippen molar-refractivity contribution in [2.75, 3.05) is 13.2 Å². The van der Waals surface area contributed by atoms with Crippen LogP contribution in [0.5, 0.6) is 0 Å². The summed E-state index contributed by atoms with van der Waals surface area (Å²) in [6, 6.07) is 0.330. The largest absolute Gasteiger partial charge is 0.395 e. The topological polar surface area (TPSA) is 41.3 Å². The van der Waals surface area contributed by atoms with E-state index in [1.165, 1.54) is 30.5 Å². The van der Waals surface area contributed by atoms with Crippen molar-refractivity contribution in [3.63, 3.8) is 0 Å². The number of aryl methyl sites for hydroxylation is 1. The molecule has 0 aliphatic carbocycles. The number of likely N-dealkylation sites (tertiary alicyclic amines) is 1. The minimum atomic E-state index is 0.280. The lowest BCUT2D eigenvalue weighted by Crippen LogP contribution is -2.37. The molecule has 19 heavy (non-hydrogen) atoms. The van der Waals surface area contributed by atoms with E-state index in [1.54, 1.807) is 0 Å². The van der Waals surface area contributed by atoms with Gasteiger partial charge in [-0.3, -0.25) is 9.58 Å². The van der Waals surface area contributed by atoms with Gasteiger partial charge >= 0.3 is 0 Å². The van der Waals surface area contributed by atoms with Gasteiger partial charge in [-0.05, 0) is 32.7 Å². The van der Waals surface area contributed by atoms with Crippen molar-refractivity contribution >= 4 is 0 Å². The minimum absolute atomic E-state index is 0.280. The molecule has 0 radical (unpaired) electrons. The Balaban J connectivity index is 2.05. The van der Waals surface area contributed by atoms with Gasteiger partial charge in [0.05, 0.1) is 12.8 Å². The molecule has 0 spiro atoms. The predicted octanol–water partition coefficient (Wildman–Crippen LogP) is 2.34. The van der Waals surface area contributed by atoms with Gasteiger partial charge < -0.3 is 5.11 Å². The second kappa shape index (κ2) is 7.06. The first kappa shape index (κ1) is 14.5. The van der Waals surface area contributed by atoms with Crippen LogP contribution in [0.3, 0.4) is 0 Å². The van der Waals surface area contributed by atoms with Gasteiger partial charge in [-0.2, -0.15) is 5.10 Å². The summed E-state index contributed by atoms with van der Waals surface area (Å²) < 4.78 is 2.10. The predicted molar refractivity (Wildman–Crippen MR) is 77.0 cm³/mol. The average Bonchev–Trinajstić information content (AvgIpc) is 2.65. The maximum atomic E-state index is 9.56. The summed E-state index contributed by atoms with van der Waals surface area (Å²) in [7, 11) is 0. The van der Waals surface area contributed by atoms with Crippen LogP contribution in [-0.4, -0.2) is 39.0 Å². The molecule has 0 bridgehead atoms. The molecule has 0 aromatic carbocycles. The van der Waals surface area contributed by atoms with Crippen molar-refractivity contribution in [3.05, 3.63) is 17.5 Å². The number of hydrogen-bond donors (Lipinski definition) is 1. The van der Waals surface area contributed by atoms with Crippen LogP contribution in [-0.2, 0) is 13.1 Å². The SMILES string of the molecule is CCCn1ncc(CN2CCCCC[C@@H]2CO)c1C. The molecule has 1 aromatic heterocycles. The van der Waals surface area contributed by atoms with E-state index >= 15 is 0 Å². The monoisotopic (exact) mass is 265 g/mol. The molecule has 1 saturated heterocycles. The molecule has 1 fully saturated rings. The fourth-order valence-electron chi connectivity index (χ4n) is 2.95. The van der Waals surface area contributed by atoms with Crippen molar-refractivity contribution in [3.8, 4) is 0 Å². The van der Waals surface area contributed by atoms with Crippen LogP contribution in [0.1, 0.15) is 50.3 Å². The minimum Gasteiger partial charge on any atom is -0.395 e. The van der Waals surface area contributed by atoms with Gasteiger partial charge in [-0.25, -0.2) is 0 Å². The van der Waals surface area contributed by atoms with Gasteiger partial charge in [0, 0.05) is 30.4 Å². The molecule has 2 rings (SSSR count). The Morgan fingerprint density at radius 2 is 2.21 bits per heavy atom. The highest BCUT2D eigenvalue weighted by molar-refractivity contribution is 5.16. The summed E-state index contributed by atoms with van der Waals surface area (Å²) in [6.45, 7) is 7.64. The second-order valence-electron chi connectivity index (χ2n) is 5.63. The van der Waals surface area contributed by atoms with E-state index in [1.807, 2.05) is 6.20 Å². The highest BCUT2D eigenvalue weighted by atomic mass is 16.3. The van der Waals surface area contributed by atoms with Crippen LogP contribution in [0.2, 0.25) is 0 Å². The summed E-state index contributed by atoms with van der Waals surface area (Å²) in [5.41, 5.74) is 2.59. The Morgan fingerprint density at radius 1 is 1.37 bits per heavy atom. The Hall–Kier alpha value is -0.870. The van der Waals surface area contributed by atoms with Gasteiger partial charge in [0.1, 0.15) is 0 Å². The molecule has 1 aromatic rings.